The van der Waals surface area contributed by atoms with Crippen LogP contribution in [0.5, 0.6) is 0 Å². The molecule has 0 aliphatic heterocycles. The molecule has 0 saturated heterocycles. The zero-order valence-corrected chi connectivity index (χ0v) is 8.01. The Labute approximate surface area is 73.7 Å². The topological polar surface area (TPSA) is 63.6 Å². The van der Waals surface area contributed by atoms with E-state index in [9.17, 15) is 8.42 Å². The average molecular weight is 195 g/mol. The molecule has 4 nitrogen and oxygen atoms in total. The minimum atomic E-state index is -3.78. The molecular formula is C7H15O4S. The highest BCUT2D eigenvalue weighted by Crippen LogP contribution is 1.97. The van der Waals surface area contributed by atoms with Crippen LogP contribution in [0.25, 0.3) is 0 Å². The maximum absolute atomic E-state index is 10.2. The predicted molar refractivity (Wildman–Crippen MR) is 46.4 cm³/mol. The quantitative estimate of drug-likeness (QED) is 0.484. The molecule has 5 heteroatoms. The molecule has 0 saturated carbocycles. The molecule has 0 heterocycles. The fourth-order valence-electron chi connectivity index (χ4n) is 0.695. The Kier molecular flexibility index (Phi) is 6.32. The van der Waals surface area contributed by atoms with E-state index in [1.54, 1.807) is 0 Å². The van der Waals surface area contributed by atoms with Crippen LogP contribution in [0.15, 0.2) is 0 Å². The molecule has 0 fully saturated rings. The van der Waals surface area contributed by atoms with E-state index >= 15 is 0 Å². The number of hydrogen-bond donors (Lipinski definition) is 1. The van der Waals surface area contributed by atoms with Crippen LogP contribution in [0.3, 0.4) is 0 Å². The Balaban J connectivity index is 3.12. The average Bonchev–Trinajstić information content (AvgIpc) is 1.94. The lowest BCUT2D eigenvalue weighted by Crippen LogP contribution is -2.04. The summed E-state index contributed by atoms with van der Waals surface area (Å²) in [7, 11) is -3.78. The molecule has 12 heavy (non-hydrogen) atoms. The maximum Gasteiger partial charge on any atom is 0.264 e. The molecule has 0 unspecified atom stereocenters. The lowest BCUT2D eigenvalue weighted by Gasteiger charge is -1.99. The number of rotatable bonds is 7. The zero-order valence-electron chi connectivity index (χ0n) is 7.19. The summed E-state index contributed by atoms with van der Waals surface area (Å²) in [5.74, 6) is -0.171. The first-order valence-corrected chi connectivity index (χ1v) is 5.51. The molecule has 0 amide bonds. The summed E-state index contributed by atoms with van der Waals surface area (Å²) in [6.07, 6.45) is 2.96. The van der Waals surface area contributed by atoms with Crippen LogP contribution >= 0.6 is 0 Å². The lowest BCUT2D eigenvalue weighted by molar-refractivity contribution is 0.166. The number of hydrogen-bond acceptors (Lipinski definition) is 3. The summed E-state index contributed by atoms with van der Waals surface area (Å²) in [6.45, 7) is 3.10. The fraction of sp³-hybridized carbons (Fsp3) is 0.857. The Morgan fingerprint density at radius 3 is 2.67 bits per heavy atom. The van der Waals surface area contributed by atoms with E-state index in [1.165, 1.54) is 0 Å². The third-order valence-electron chi connectivity index (χ3n) is 1.25. The molecule has 0 aromatic carbocycles. The SMILES string of the molecule is CCOC[CH]CCCS(=O)(=O)O. The predicted octanol–water partition coefficient (Wildman–Crippen LogP) is 0.895. The van der Waals surface area contributed by atoms with Gasteiger partial charge in [-0.05, 0) is 26.2 Å². The van der Waals surface area contributed by atoms with Gasteiger partial charge in [0.2, 0.25) is 0 Å². The van der Waals surface area contributed by atoms with E-state index in [2.05, 4.69) is 0 Å². The van der Waals surface area contributed by atoms with Crippen LogP contribution in [-0.4, -0.2) is 31.9 Å². The molecular weight excluding hydrogens is 180 g/mol. The molecule has 0 aromatic heterocycles. The van der Waals surface area contributed by atoms with Gasteiger partial charge in [-0.25, -0.2) is 0 Å². The Morgan fingerprint density at radius 2 is 2.17 bits per heavy atom. The zero-order chi connectivity index (χ0) is 9.45. The highest BCUT2D eigenvalue weighted by molar-refractivity contribution is 7.85. The molecule has 0 aliphatic rings. The summed E-state index contributed by atoms with van der Waals surface area (Å²) in [5, 5.41) is 0. The van der Waals surface area contributed by atoms with Crippen LogP contribution in [0.1, 0.15) is 19.8 Å². The van der Waals surface area contributed by atoms with Gasteiger partial charge in [0.1, 0.15) is 0 Å². The van der Waals surface area contributed by atoms with E-state index < -0.39 is 10.1 Å². The second-order valence-electron chi connectivity index (χ2n) is 2.38. The van der Waals surface area contributed by atoms with Gasteiger partial charge in [-0.1, -0.05) is 0 Å². The molecule has 0 bridgehead atoms. The van der Waals surface area contributed by atoms with E-state index in [0.717, 1.165) is 0 Å². The van der Waals surface area contributed by atoms with Crippen molar-refractivity contribution in [3.8, 4) is 0 Å². The standard InChI is InChI=1S/C7H15O4S/c1-2-11-6-4-3-5-7-12(8,9)10/h4H,2-3,5-7H2,1H3,(H,8,9,10). The Bertz CT molecular complexity index is 186. The number of ether oxygens (including phenoxy) is 1. The summed E-state index contributed by atoms with van der Waals surface area (Å²) in [6, 6.07) is 0. The van der Waals surface area contributed by atoms with E-state index in [-0.39, 0.29) is 5.75 Å². The third-order valence-corrected chi connectivity index (χ3v) is 2.05. The van der Waals surface area contributed by atoms with Gasteiger partial charge in [-0.2, -0.15) is 8.42 Å². The van der Waals surface area contributed by atoms with E-state index in [1.807, 2.05) is 13.3 Å². The van der Waals surface area contributed by atoms with Crippen molar-refractivity contribution in [2.24, 2.45) is 0 Å². The lowest BCUT2D eigenvalue weighted by atomic mass is 10.3. The van der Waals surface area contributed by atoms with Crippen molar-refractivity contribution in [2.75, 3.05) is 19.0 Å². The van der Waals surface area contributed by atoms with Crippen molar-refractivity contribution >= 4 is 10.1 Å². The van der Waals surface area contributed by atoms with Crippen molar-refractivity contribution < 1.29 is 17.7 Å². The molecule has 0 spiro atoms. The fourth-order valence-corrected chi connectivity index (χ4v) is 1.23. The second-order valence-corrected chi connectivity index (χ2v) is 3.95. The van der Waals surface area contributed by atoms with Gasteiger partial charge < -0.3 is 4.74 Å². The molecule has 0 atom stereocenters. The summed E-state index contributed by atoms with van der Waals surface area (Å²) < 4.78 is 33.8. The van der Waals surface area contributed by atoms with Crippen LogP contribution in [0.2, 0.25) is 0 Å². The van der Waals surface area contributed by atoms with Gasteiger partial charge in [0.25, 0.3) is 10.1 Å². The minimum absolute atomic E-state index is 0.171. The maximum atomic E-state index is 10.2. The van der Waals surface area contributed by atoms with Gasteiger partial charge in [-0.3, -0.25) is 4.55 Å². The van der Waals surface area contributed by atoms with Gasteiger partial charge in [-0.15, -0.1) is 0 Å². The first kappa shape index (κ1) is 11.9. The smallest absolute Gasteiger partial charge is 0.264 e. The highest BCUT2D eigenvalue weighted by atomic mass is 32.2. The first-order valence-electron chi connectivity index (χ1n) is 3.91. The molecule has 0 aromatic rings. The highest BCUT2D eigenvalue weighted by Gasteiger charge is 2.02. The molecule has 1 N–H and O–H groups in total. The van der Waals surface area contributed by atoms with Crippen LogP contribution < -0.4 is 0 Å². The third kappa shape index (κ3) is 9.87. The summed E-state index contributed by atoms with van der Waals surface area (Å²) >= 11 is 0. The van der Waals surface area contributed by atoms with Gasteiger partial charge in [0.15, 0.2) is 0 Å². The molecule has 0 rings (SSSR count). The van der Waals surface area contributed by atoms with Crippen molar-refractivity contribution in [3.63, 3.8) is 0 Å². The van der Waals surface area contributed by atoms with Crippen LogP contribution in [0, 0.1) is 6.42 Å². The molecule has 0 aliphatic carbocycles. The van der Waals surface area contributed by atoms with Gasteiger partial charge in [0.05, 0.1) is 5.75 Å². The van der Waals surface area contributed by atoms with Gasteiger partial charge >= 0.3 is 0 Å². The Hall–Kier alpha value is -0.130. The normalized spacial score (nSPS) is 11.8. The molecule has 73 valence electrons. The van der Waals surface area contributed by atoms with Crippen molar-refractivity contribution in [1.82, 2.24) is 0 Å². The molecule has 1 radical (unpaired) electrons. The largest absolute Gasteiger partial charge is 0.381 e. The van der Waals surface area contributed by atoms with Crippen molar-refractivity contribution in [2.45, 2.75) is 19.8 Å². The summed E-state index contributed by atoms with van der Waals surface area (Å²) in [5.41, 5.74) is 0. The van der Waals surface area contributed by atoms with Crippen LogP contribution in [-0.2, 0) is 14.9 Å². The summed E-state index contributed by atoms with van der Waals surface area (Å²) in [4.78, 5) is 0. The minimum Gasteiger partial charge on any atom is -0.381 e. The van der Waals surface area contributed by atoms with E-state index in [4.69, 9.17) is 9.29 Å². The Morgan fingerprint density at radius 1 is 1.50 bits per heavy atom. The van der Waals surface area contributed by atoms with E-state index in [0.29, 0.717) is 26.1 Å². The first-order chi connectivity index (χ1) is 5.56. The monoisotopic (exact) mass is 195 g/mol. The second kappa shape index (κ2) is 6.39. The van der Waals surface area contributed by atoms with Gasteiger partial charge in [0, 0.05) is 13.2 Å². The number of unbranched alkanes of at least 4 members (excludes halogenated alkanes) is 2. The van der Waals surface area contributed by atoms with Crippen molar-refractivity contribution in [3.05, 3.63) is 6.42 Å². The van der Waals surface area contributed by atoms with Crippen LogP contribution in [0.4, 0.5) is 0 Å². The van der Waals surface area contributed by atoms with Crippen molar-refractivity contribution in [1.29, 1.82) is 0 Å².